The second-order valence-electron chi connectivity index (χ2n) is 9.10. The van der Waals surface area contributed by atoms with Gasteiger partial charge in [0.2, 0.25) is 0 Å². The van der Waals surface area contributed by atoms with Gasteiger partial charge in [0.25, 0.3) is 0 Å². The number of likely N-dealkylation sites (tertiary alicyclic amines) is 1. The third kappa shape index (κ3) is 3.77. The fourth-order valence-corrected chi connectivity index (χ4v) is 5.29. The first-order valence-corrected chi connectivity index (χ1v) is 11.1. The molecule has 2 aromatic rings. The largest absolute Gasteiger partial charge is 0.457 e. The lowest BCUT2D eigenvalue weighted by Crippen LogP contribution is -2.42. The van der Waals surface area contributed by atoms with Crippen molar-refractivity contribution < 1.29 is 9.53 Å². The third-order valence-corrected chi connectivity index (χ3v) is 7.42. The fourth-order valence-electron chi connectivity index (χ4n) is 5.29. The normalized spacial score (nSPS) is 20.0. The van der Waals surface area contributed by atoms with Gasteiger partial charge in [-0.2, -0.15) is 5.26 Å². The molecule has 0 bridgehead atoms. The summed E-state index contributed by atoms with van der Waals surface area (Å²) in [4.78, 5) is 16.6. The SMILES string of the molecule is Cc1c(CCN2CCC3(CC2)CCN(c2ccc(C#N)nn2)C3)ccc2c1COC2=O. The minimum atomic E-state index is -0.191. The molecule has 2 fully saturated rings. The minimum absolute atomic E-state index is 0.191. The summed E-state index contributed by atoms with van der Waals surface area (Å²) in [5.41, 5.74) is 5.07. The number of cyclic esters (lactones) is 1. The molecule has 5 rings (SSSR count). The van der Waals surface area contributed by atoms with Crippen molar-refractivity contribution in [2.24, 2.45) is 5.41 Å². The molecule has 7 nitrogen and oxygen atoms in total. The average molecular weight is 418 g/mol. The molecule has 4 heterocycles. The predicted octanol–water partition coefficient (Wildman–Crippen LogP) is 2.86. The quantitative estimate of drug-likeness (QED) is 0.708. The molecule has 0 amide bonds. The van der Waals surface area contributed by atoms with E-state index in [4.69, 9.17) is 10.00 Å². The number of benzene rings is 1. The highest BCUT2D eigenvalue weighted by molar-refractivity contribution is 5.93. The Kier molecular flexibility index (Phi) is 5.11. The van der Waals surface area contributed by atoms with E-state index in [1.807, 2.05) is 18.2 Å². The van der Waals surface area contributed by atoms with E-state index < -0.39 is 0 Å². The zero-order valence-corrected chi connectivity index (χ0v) is 17.9. The van der Waals surface area contributed by atoms with Gasteiger partial charge in [-0.15, -0.1) is 10.2 Å². The molecule has 0 saturated carbocycles. The van der Waals surface area contributed by atoms with E-state index >= 15 is 0 Å². The number of carbonyl (C=O) groups is 1. The number of nitriles is 1. The number of fused-ring (bicyclic) bond motifs is 1. The Labute approximate surface area is 182 Å². The number of piperidine rings is 1. The molecule has 31 heavy (non-hydrogen) atoms. The molecule has 1 spiro atoms. The molecule has 1 aromatic heterocycles. The van der Waals surface area contributed by atoms with Gasteiger partial charge in [-0.1, -0.05) is 6.07 Å². The highest BCUT2D eigenvalue weighted by atomic mass is 16.5. The molecule has 160 valence electrons. The van der Waals surface area contributed by atoms with Crippen molar-refractivity contribution in [2.45, 2.75) is 39.2 Å². The molecule has 0 aliphatic carbocycles. The number of esters is 1. The molecule has 0 atom stereocenters. The molecular weight excluding hydrogens is 390 g/mol. The first-order valence-electron chi connectivity index (χ1n) is 11.1. The Bertz CT molecular complexity index is 1040. The second-order valence-corrected chi connectivity index (χ2v) is 9.10. The van der Waals surface area contributed by atoms with E-state index in [1.54, 1.807) is 6.07 Å². The summed E-state index contributed by atoms with van der Waals surface area (Å²) in [5, 5.41) is 17.1. The molecule has 3 aliphatic rings. The number of nitrogens with zero attached hydrogens (tertiary/aromatic N) is 5. The molecule has 0 radical (unpaired) electrons. The van der Waals surface area contributed by atoms with Crippen molar-refractivity contribution in [3.05, 3.63) is 52.2 Å². The monoisotopic (exact) mass is 417 g/mol. The summed E-state index contributed by atoms with van der Waals surface area (Å²) in [6.07, 6.45) is 4.62. The van der Waals surface area contributed by atoms with Gasteiger partial charge < -0.3 is 14.5 Å². The molecule has 0 unspecified atom stereocenters. The smallest absolute Gasteiger partial charge is 0.338 e. The van der Waals surface area contributed by atoms with Crippen molar-refractivity contribution >= 4 is 11.8 Å². The van der Waals surface area contributed by atoms with Crippen LogP contribution in [0.4, 0.5) is 5.82 Å². The summed E-state index contributed by atoms with van der Waals surface area (Å²) in [6.45, 7) is 7.86. The van der Waals surface area contributed by atoms with Crippen LogP contribution in [-0.2, 0) is 17.8 Å². The van der Waals surface area contributed by atoms with Crippen LogP contribution in [0.5, 0.6) is 0 Å². The van der Waals surface area contributed by atoms with Crippen LogP contribution < -0.4 is 4.90 Å². The van der Waals surface area contributed by atoms with Crippen LogP contribution in [0, 0.1) is 23.7 Å². The highest BCUT2D eigenvalue weighted by Gasteiger charge is 2.41. The number of rotatable bonds is 4. The lowest BCUT2D eigenvalue weighted by Gasteiger charge is -2.39. The van der Waals surface area contributed by atoms with Gasteiger partial charge in [0.05, 0.1) is 5.56 Å². The van der Waals surface area contributed by atoms with E-state index in [-0.39, 0.29) is 5.97 Å². The Balaban J connectivity index is 1.15. The lowest BCUT2D eigenvalue weighted by molar-refractivity contribution is 0.0535. The number of hydrogen-bond acceptors (Lipinski definition) is 7. The zero-order valence-electron chi connectivity index (χ0n) is 17.9. The van der Waals surface area contributed by atoms with Crippen LogP contribution in [0.15, 0.2) is 24.3 Å². The molecule has 1 aromatic carbocycles. The van der Waals surface area contributed by atoms with E-state index in [2.05, 4.69) is 33.0 Å². The van der Waals surface area contributed by atoms with Gasteiger partial charge in [-0.05, 0) is 80.4 Å². The lowest BCUT2D eigenvalue weighted by atomic mass is 9.77. The van der Waals surface area contributed by atoms with E-state index in [9.17, 15) is 4.79 Å². The summed E-state index contributed by atoms with van der Waals surface area (Å²) in [6, 6.07) is 9.72. The summed E-state index contributed by atoms with van der Waals surface area (Å²) in [7, 11) is 0. The van der Waals surface area contributed by atoms with E-state index in [0.29, 0.717) is 17.7 Å². The Morgan fingerprint density at radius 2 is 1.94 bits per heavy atom. The molecular formula is C24H27N5O2. The van der Waals surface area contributed by atoms with Crippen molar-refractivity contribution in [1.29, 1.82) is 5.26 Å². The van der Waals surface area contributed by atoms with Gasteiger partial charge in [0.15, 0.2) is 11.5 Å². The number of anilines is 1. The van der Waals surface area contributed by atoms with Crippen molar-refractivity contribution in [2.75, 3.05) is 37.6 Å². The molecule has 2 saturated heterocycles. The van der Waals surface area contributed by atoms with E-state index in [0.717, 1.165) is 56.1 Å². The molecule has 0 N–H and O–H groups in total. The Morgan fingerprint density at radius 1 is 1.13 bits per heavy atom. The summed E-state index contributed by atoms with van der Waals surface area (Å²) < 4.78 is 5.18. The van der Waals surface area contributed by atoms with Gasteiger partial charge in [-0.3, -0.25) is 0 Å². The Morgan fingerprint density at radius 3 is 2.68 bits per heavy atom. The maximum atomic E-state index is 11.7. The van der Waals surface area contributed by atoms with Crippen LogP contribution in [0.1, 0.15) is 52.0 Å². The summed E-state index contributed by atoms with van der Waals surface area (Å²) >= 11 is 0. The maximum absolute atomic E-state index is 11.7. The van der Waals surface area contributed by atoms with Crippen LogP contribution in [0.3, 0.4) is 0 Å². The van der Waals surface area contributed by atoms with Crippen LogP contribution in [-0.4, -0.2) is 53.8 Å². The molecule has 3 aliphatic heterocycles. The van der Waals surface area contributed by atoms with Crippen molar-refractivity contribution in [1.82, 2.24) is 15.1 Å². The maximum Gasteiger partial charge on any atom is 0.338 e. The van der Waals surface area contributed by atoms with Crippen LogP contribution >= 0.6 is 0 Å². The molecule has 7 heteroatoms. The highest BCUT2D eigenvalue weighted by Crippen LogP contribution is 2.41. The number of carbonyl (C=O) groups excluding carboxylic acids is 1. The average Bonchev–Trinajstić information content (AvgIpc) is 3.39. The van der Waals surface area contributed by atoms with Gasteiger partial charge in [-0.25, -0.2) is 4.79 Å². The zero-order chi connectivity index (χ0) is 21.4. The van der Waals surface area contributed by atoms with Crippen molar-refractivity contribution in [3.63, 3.8) is 0 Å². The van der Waals surface area contributed by atoms with Crippen LogP contribution in [0.25, 0.3) is 0 Å². The van der Waals surface area contributed by atoms with Gasteiger partial charge >= 0.3 is 5.97 Å². The van der Waals surface area contributed by atoms with Crippen LogP contribution in [0.2, 0.25) is 0 Å². The Hall–Kier alpha value is -2.98. The minimum Gasteiger partial charge on any atom is -0.457 e. The van der Waals surface area contributed by atoms with Gasteiger partial charge in [0, 0.05) is 25.2 Å². The van der Waals surface area contributed by atoms with Crippen molar-refractivity contribution in [3.8, 4) is 6.07 Å². The summed E-state index contributed by atoms with van der Waals surface area (Å²) in [5.74, 6) is 0.691. The van der Waals surface area contributed by atoms with E-state index in [1.165, 1.54) is 30.4 Å². The first kappa shape index (κ1) is 20.0. The fraction of sp³-hybridized carbons (Fsp3) is 0.500. The standard InChI is InChI=1S/C24H27N5O2/c1-17-18(2-4-20-21(17)15-31-23(20)30)6-10-28-11-7-24(8-12-28)9-13-29(16-24)22-5-3-19(14-25)26-27-22/h2-5H,6-13,15-16H2,1H3. The topological polar surface area (TPSA) is 82.3 Å². The first-order chi connectivity index (χ1) is 15.1. The number of hydrogen-bond donors (Lipinski definition) is 0. The number of ether oxygens (including phenoxy) is 1. The predicted molar refractivity (Wildman–Crippen MR) is 116 cm³/mol. The second kappa shape index (κ2) is 7.93. The third-order valence-electron chi connectivity index (χ3n) is 7.42. The number of aromatic nitrogens is 2. The van der Waals surface area contributed by atoms with Gasteiger partial charge in [0.1, 0.15) is 12.7 Å².